The van der Waals surface area contributed by atoms with Crippen LogP contribution in [0, 0.1) is 0 Å². The summed E-state index contributed by atoms with van der Waals surface area (Å²) >= 11 is 0. The maximum atomic E-state index is 11.2. The molecule has 3 N–H and O–H groups in total. The summed E-state index contributed by atoms with van der Waals surface area (Å²) in [6.07, 6.45) is 1.32. The van der Waals surface area contributed by atoms with Crippen LogP contribution in [0.4, 0.5) is 5.69 Å². The van der Waals surface area contributed by atoms with Crippen molar-refractivity contribution in [2.75, 3.05) is 18.5 Å². The van der Waals surface area contributed by atoms with Gasteiger partial charge in [-0.15, -0.1) is 0 Å². The van der Waals surface area contributed by atoms with E-state index in [9.17, 15) is 4.79 Å². The first-order valence-corrected chi connectivity index (χ1v) is 5.49. The summed E-state index contributed by atoms with van der Waals surface area (Å²) in [6.45, 7) is 3.13. The topological polar surface area (TPSA) is 64.3 Å². The molecule has 0 saturated carbocycles. The number of carbonyl (C=O) groups is 1. The molecule has 0 aliphatic carbocycles. The SMILES string of the molecule is CCCOc1ccc(NC(=O)CCN)cc1. The Kier molecular flexibility index (Phi) is 5.36. The maximum Gasteiger partial charge on any atom is 0.225 e. The maximum absolute atomic E-state index is 11.2. The van der Waals surface area contributed by atoms with Gasteiger partial charge in [-0.05, 0) is 30.7 Å². The van der Waals surface area contributed by atoms with Crippen molar-refractivity contribution < 1.29 is 9.53 Å². The molecule has 0 heterocycles. The van der Waals surface area contributed by atoms with Crippen LogP contribution in [0.3, 0.4) is 0 Å². The molecule has 4 heteroatoms. The first-order chi connectivity index (χ1) is 7.76. The fraction of sp³-hybridized carbons (Fsp3) is 0.417. The third kappa shape index (κ3) is 4.31. The van der Waals surface area contributed by atoms with Crippen LogP contribution < -0.4 is 15.8 Å². The van der Waals surface area contributed by atoms with Gasteiger partial charge in [-0.2, -0.15) is 0 Å². The zero-order valence-electron chi connectivity index (χ0n) is 9.53. The Morgan fingerprint density at radius 1 is 1.38 bits per heavy atom. The van der Waals surface area contributed by atoms with Crippen LogP contribution >= 0.6 is 0 Å². The molecule has 1 aromatic carbocycles. The second-order valence-corrected chi connectivity index (χ2v) is 3.46. The highest BCUT2D eigenvalue weighted by Gasteiger charge is 2.00. The Balaban J connectivity index is 2.47. The summed E-state index contributed by atoms with van der Waals surface area (Å²) in [4.78, 5) is 11.2. The molecule has 0 atom stereocenters. The molecule has 0 spiro atoms. The van der Waals surface area contributed by atoms with Gasteiger partial charge >= 0.3 is 0 Å². The van der Waals surface area contributed by atoms with E-state index in [0.29, 0.717) is 19.6 Å². The highest BCUT2D eigenvalue weighted by molar-refractivity contribution is 5.90. The highest BCUT2D eigenvalue weighted by Crippen LogP contribution is 2.15. The summed E-state index contributed by atoms with van der Waals surface area (Å²) in [5.41, 5.74) is 6.05. The van der Waals surface area contributed by atoms with E-state index in [-0.39, 0.29) is 5.91 Å². The summed E-state index contributed by atoms with van der Waals surface area (Å²) in [7, 11) is 0. The Morgan fingerprint density at radius 3 is 2.62 bits per heavy atom. The van der Waals surface area contributed by atoms with E-state index in [1.54, 1.807) is 0 Å². The van der Waals surface area contributed by atoms with Crippen LogP contribution in [0.1, 0.15) is 19.8 Å². The summed E-state index contributed by atoms with van der Waals surface area (Å²) in [6, 6.07) is 7.32. The van der Waals surface area contributed by atoms with Crippen molar-refractivity contribution in [2.24, 2.45) is 5.73 Å². The number of anilines is 1. The molecule has 4 nitrogen and oxygen atoms in total. The molecule has 0 radical (unpaired) electrons. The lowest BCUT2D eigenvalue weighted by Crippen LogP contribution is -2.16. The molecule has 1 rings (SSSR count). The standard InChI is InChI=1S/C12H18N2O2/c1-2-9-16-11-5-3-10(4-6-11)14-12(15)7-8-13/h3-6H,2,7-9,13H2,1H3,(H,14,15). The lowest BCUT2D eigenvalue weighted by atomic mass is 10.3. The Hall–Kier alpha value is -1.55. The summed E-state index contributed by atoms with van der Waals surface area (Å²) < 4.78 is 5.43. The van der Waals surface area contributed by atoms with E-state index in [1.165, 1.54) is 0 Å². The number of hydrogen-bond acceptors (Lipinski definition) is 3. The quantitative estimate of drug-likeness (QED) is 0.771. The normalized spacial score (nSPS) is 9.88. The minimum atomic E-state index is -0.0651. The molecular weight excluding hydrogens is 204 g/mol. The lowest BCUT2D eigenvalue weighted by Gasteiger charge is -2.07. The van der Waals surface area contributed by atoms with Crippen molar-refractivity contribution in [2.45, 2.75) is 19.8 Å². The van der Waals surface area contributed by atoms with Gasteiger partial charge in [-0.3, -0.25) is 4.79 Å². The molecular formula is C12H18N2O2. The number of amides is 1. The fourth-order valence-corrected chi connectivity index (χ4v) is 1.21. The van der Waals surface area contributed by atoms with Gasteiger partial charge in [0, 0.05) is 18.7 Å². The Labute approximate surface area is 95.8 Å². The molecule has 0 aromatic heterocycles. The monoisotopic (exact) mass is 222 g/mol. The van der Waals surface area contributed by atoms with Crippen molar-refractivity contribution in [3.8, 4) is 5.75 Å². The second kappa shape index (κ2) is 6.85. The van der Waals surface area contributed by atoms with Crippen LogP contribution in [0.5, 0.6) is 5.75 Å². The van der Waals surface area contributed by atoms with E-state index in [1.807, 2.05) is 24.3 Å². The average molecular weight is 222 g/mol. The van der Waals surface area contributed by atoms with E-state index in [4.69, 9.17) is 10.5 Å². The van der Waals surface area contributed by atoms with Crippen molar-refractivity contribution in [3.05, 3.63) is 24.3 Å². The lowest BCUT2D eigenvalue weighted by molar-refractivity contribution is -0.116. The highest BCUT2D eigenvalue weighted by atomic mass is 16.5. The first-order valence-electron chi connectivity index (χ1n) is 5.49. The average Bonchev–Trinajstić information content (AvgIpc) is 2.28. The summed E-state index contributed by atoms with van der Waals surface area (Å²) in [5, 5.41) is 2.75. The number of nitrogens with two attached hydrogens (primary N) is 1. The molecule has 0 unspecified atom stereocenters. The molecule has 0 bridgehead atoms. The molecule has 1 amide bonds. The van der Waals surface area contributed by atoms with Gasteiger partial charge in [0.1, 0.15) is 5.75 Å². The van der Waals surface area contributed by atoms with Gasteiger partial charge in [0.05, 0.1) is 6.61 Å². The molecule has 0 aliphatic rings. The number of carbonyl (C=O) groups excluding carboxylic acids is 1. The van der Waals surface area contributed by atoms with Crippen LogP contribution in [0.2, 0.25) is 0 Å². The number of nitrogens with one attached hydrogen (secondary N) is 1. The van der Waals surface area contributed by atoms with E-state index in [2.05, 4.69) is 12.2 Å². The van der Waals surface area contributed by atoms with Crippen LogP contribution in [0.15, 0.2) is 24.3 Å². The number of rotatable bonds is 6. The molecule has 88 valence electrons. The van der Waals surface area contributed by atoms with E-state index in [0.717, 1.165) is 17.9 Å². The largest absolute Gasteiger partial charge is 0.494 e. The van der Waals surface area contributed by atoms with Crippen molar-refractivity contribution in [1.82, 2.24) is 0 Å². The van der Waals surface area contributed by atoms with Gasteiger partial charge in [-0.25, -0.2) is 0 Å². The smallest absolute Gasteiger partial charge is 0.225 e. The van der Waals surface area contributed by atoms with Crippen LogP contribution in [-0.2, 0) is 4.79 Å². The molecule has 0 fully saturated rings. The van der Waals surface area contributed by atoms with Crippen molar-refractivity contribution >= 4 is 11.6 Å². The first kappa shape index (κ1) is 12.5. The zero-order chi connectivity index (χ0) is 11.8. The minimum Gasteiger partial charge on any atom is -0.494 e. The number of ether oxygens (including phenoxy) is 1. The number of hydrogen-bond donors (Lipinski definition) is 2. The number of benzene rings is 1. The van der Waals surface area contributed by atoms with Gasteiger partial charge in [0.2, 0.25) is 5.91 Å². The molecule has 0 saturated heterocycles. The van der Waals surface area contributed by atoms with Crippen LogP contribution in [0.25, 0.3) is 0 Å². The summed E-state index contributed by atoms with van der Waals surface area (Å²) in [5.74, 6) is 0.753. The van der Waals surface area contributed by atoms with E-state index >= 15 is 0 Å². The van der Waals surface area contributed by atoms with Crippen LogP contribution in [-0.4, -0.2) is 19.1 Å². The van der Waals surface area contributed by atoms with Gasteiger partial charge in [0.15, 0.2) is 0 Å². The molecule has 0 aliphatic heterocycles. The van der Waals surface area contributed by atoms with Gasteiger partial charge in [0.25, 0.3) is 0 Å². The second-order valence-electron chi connectivity index (χ2n) is 3.46. The van der Waals surface area contributed by atoms with E-state index < -0.39 is 0 Å². The van der Waals surface area contributed by atoms with Gasteiger partial charge < -0.3 is 15.8 Å². The predicted octanol–water partition coefficient (Wildman–Crippen LogP) is 1.76. The third-order valence-electron chi connectivity index (χ3n) is 1.98. The zero-order valence-corrected chi connectivity index (χ0v) is 9.53. The Bertz CT molecular complexity index is 322. The predicted molar refractivity (Wildman–Crippen MR) is 64.5 cm³/mol. The fourth-order valence-electron chi connectivity index (χ4n) is 1.21. The van der Waals surface area contributed by atoms with Crippen molar-refractivity contribution in [1.29, 1.82) is 0 Å². The third-order valence-corrected chi connectivity index (χ3v) is 1.98. The molecule has 1 aromatic rings. The molecule has 16 heavy (non-hydrogen) atoms. The van der Waals surface area contributed by atoms with Crippen molar-refractivity contribution in [3.63, 3.8) is 0 Å². The Morgan fingerprint density at radius 2 is 2.06 bits per heavy atom. The minimum absolute atomic E-state index is 0.0651. The van der Waals surface area contributed by atoms with Gasteiger partial charge in [-0.1, -0.05) is 6.92 Å².